The highest BCUT2D eigenvalue weighted by Crippen LogP contribution is 2.28. The van der Waals surface area contributed by atoms with Gasteiger partial charge in [0.2, 0.25) is 11.8 Å². The first-order valence-electron chi connectivity index (χ1n) is 9.83. The maximum Gasteiger partial charge on any atom is 0.436 e. The Bertz CT molecular complexity index is 655. The van der Waals surface area contributed by atoms with Gasteiger partial charge in [0.15, 0.2) is 5.96 Å². The summed E-state index contributed by atoms with van der Waals surface area (Å²) in [6, 6.07) is 9.48. The summed E-state index contributed by atoms with van der Waals surface area (Å²) in [5, 5.41) is 24.5. The van der Waals surface area contributed by atoms with Crippen LogP contribution in [0, 0.1) is 10.8 Å². The van der Waals surface area contributed by atoms with Crippen LogP contribution in [0.25, 0.3) is 0 Å². The van der Waals surface area contributed by atoms with Crippen LogP contribution in [0.15, 0.2) is 30.3 Å². The lowest BCUT2D eigenvalue weighted by molar-refractivity contribution is -0.146. The molecule has 0 aliphatic rings. The molecule has 29 heavy (non-hydrogen) atoms. The number of hydrogen-bond donors (Lipinski definition) is 6. The molecule has 1 aromatic rings. The van der Waals surface area contributed by atoms with E-state index in [4.69, 9.17) is 20.8 Å². The number of carbonyl (C=O) groups is 2. The lowest BCUT2D eigenvalue weighted by Crippen LogP contribution is -2.53. The molecule has 0 radical (unpaired) electrons. The second kappa shape index (κ2) is 12.8. The van der Waals surface area contributed by atoms with Gasteiger partial charge in [-0.25, -0.2) is 0 Å². The first-order valence-corrected chi connectivity index (χ1v) is 9.83. The molecule has 0 aliphatic heterocycles. The van der Waals surface area contributed by atoms with Gasteiger partial charge in [0.05, 0.1) is 0 Å². The topological polar surface area (TPSA) is 150 Å². The highest BCUT2D eigenvalue weighted by Gasteiger charge is 2.43. The van der Waals surface area contributed by atoms with Gasteiger partial charge in [-0.05, 0) is 31.2 Å². The van der Waals surface area contributed by atoms with Gasteiger partial charge in [0, 0.05) is 13.1 Å². The third-order valence-corrected chi connectivity index (χ3v) is 4.90. The van der Waals surface area contributed by atoms with Crippen LogP contribution in [-0.4, -0.2) is 43.3 Å². The molecular weight excluding hydrogens is 373 g/mol. The standard InChI is InChI=1S/C19H32BN5O4/c1-3-19(4-2,16(26)24-13-14-9-6-5-7-10-14)17(27)25-15(29-20-28)11-8-12-23-18(21)22/h5-7,9-10,15,20,28H,3-4,8,11-13H2,1-2H3,(H,24,26)(H,25,27)(H4,21,22,23)/t15-/m1/s1. The zero-order chi connectivity index (χ0) is 21.7. The Morgan fingerprint density at radius 2 is 1.86 bits per heavy atom. The second-order valence-electron chi connectivity index (χ2n) is 6.70. The van der Waals surface area contributed by atoms with E-state index >= 15 is 0 Å². The van der Waals surface area contributed by atoms with Crippen molar-refractivity contribution < 1.29 is 19.3 Å². The molecule has 0 saturated heterocycles. The Labute approximate surface area is 172 Å². The molecule has 1 rings (SSSR count). The van der Waals surface area contributed by atoms with Crippen LogP contribution in [-0.2, 0) is 20.8 Å². The van der Waals surface area contributed by atoms with Crippen molar-refractivity contribution in [3.05, 3.63) is 35.9 Å². The number of hydrogen-bond acceptors (Lipinski definition) is 5. The molecule has 10 heteroatoms. The van der Waals surface area contributed by atoms with E-state index in [0.717, 1.165) is 5.56 Å². The number of nitrogens with one attached hydrogen (secondary N) is 4. The monoisotopic (exact) mass is 405 g/mol. The Morgan fingerprint density at radius 3 is 2.41 bits per heavy atom. The largest absolute Gasteiger partial charge is 0.436 e. The molecule has 0 bridgehead atoms. The molecule has 0 saturated carbocycles. The van der Waals surface area contributed by atoms with Crippen LogP contribution in [0.3, 0.4) is 0 Å². The number of nitrogens with two attached hydrogens (primary N) is 1. The molecule has 0 fully saturated rings. The molecule has 0 spiro atoms. The molecule has 2 amide bonds. The van der Waals surface area contributed by atoms with E-state index in [2.05, 4.69) is 16.0 Å². The predicted molar refractivity (Wildman–Crippen MR) is 113 cm³/mol. The highest BCUT2D eigenvalue weighted by atomic mass is 16.5. The van der Waals surface area contributed by atoms with Gasteiger partial charge >= 0.3 is 7.69 Å². The van der Waals surface area contributed by atoms with Crippen molar-refractivity contribution in [3.63, 3.8) is 0 Å². The van der Waals surface area contributed by atoms with Crippen molar-refractivity contribution in [1.29, 1.82) is 5.41 Å². The summed E-state index contributed by atoms with van der Waals surface area (Å²) in [5.41, 5.74) is 4.95. The van der Waals surface area contributed by atoms with Crippen molar-refractivity contribution in [2.45, 2.75) is 52.3 Å². The van der Waals surface area contributed by atoms with E-state index in [1.54, 1.807) is 13.8 Å². The van der Waals surface area contributed by atoms with E-state index in [-0.39, 0.29) is 11.9 Å². The lowest BCUT2D eigenvalue weighted by atomic mass is 9.80. The van der Waals surface area contributed by atoms with Gasteiger partial charge in [-0.15, -0.1) is 0 Å². The molecule has 0 heterocycles. The third-order valence-electron chi connectivity index (χ3n) is 4.90. The summed E-state index contributed by atoms with van der Waals surface area (Å²) in [5.74, 6) is -0.921. The average molecular weight is 405 g/mol. The normalized spacial score (nSPS) is 12.0. The average Bonchev–Trinajstić information content (AvgIpc) is 2.71. The van der Waals surface area contributed by atoms with Crippen molar-refractivity contribution in [1.82, 2.24) is 16.0 Å². The first kappa shape index (κ1) is 24.5. The fraction of sp³-hybridized carbons (Fsp3) is 0.526. The predicted octanol–water partition coefficient (Wildman–Crippen LogP) is 0.0902. The number of guanidine groups is 1. The van der Waals surface area contributed by atoms with Crippen LogP contribution in [0.2, 0.25) is 0 Å². The van der Waals surface area contributed by atoms with Gasteiger partial charge in [0.25, 0.3) is 0 Å². The maximum atomic E-state index is 13.0. The van der Waals surface area contributed by atoms with Crippen LogP contribution >= 0.6 is 0 Å². The zero-order valence-electron chi connectivity index (χ0n) is 17.2. The van der Waals surface area contributed by atoms with Gasteiger partial charge in [-0.3, -0.25) is 15.0 Å². The minimum absolute atomic E-state index is 0.139. The third kappa shape index (κ3) is 7.75. The van der Waals surface area contributed by atoms with Crippen LogP contribution in [0.1, 0.15) is 45.1 Å². The summed E-state index contributed by atoms with van der Waals surface area (Å²) in [6.45, 7) is 4.36. The second-order valence-corrected chi connectivity index (χ2v) is 6.70. The Hall–Kier alpha value is -2.59. The van der Waals surface area contributed by atoms with E-state index in [1.807, 2.05) is 30.3 Å². The Morgan fingerprint density at radius 1 is 1.21 bits per heavy atom. The molecule has 9 nitrogen and oxygen atoms in total. The Kier molecular flexibility index (Phi) is 10.8. The van der Waals surface area contributed by atoms with Crippen molar-refractivity contribution in [2.75, 3.05) is 6.54 Å². The van der Waals surface area contributed by atoms with Crippen molar-refractivity contribution in [3.8, 4) is 0 Å². The smallest absolute Gasteiger partial charge is 0.430 e. The number of amides is 2. The zero-order valence-corrected chi connectivity index (χ0v) is 17.2. The first-order chi connectivity index (χ1) is 13.9. The lowest BCUT2D eigenvalue weighted by Gasteiger charge is -2.31. The molecular formula is C19H32BN5O4. The van der Waals surface area contributed by atoms with Gasteiger partial charge in [-0.1, -0.05) is 44.2 Å². The van der Waals surface area contributed by atoms with Crippen LogP contribution in [0.4, 0.5) is 0 Å². The number of benzene rings is 1. The van der Waals surface area contributed by atoms with Crippen molar-refractivity contribution in [2.24, 2.45) is 11.1 Å². The highest BCUT2D eigenvalue weighted by molar-refractivity contribution is 6.16. The van der Waals surface area contributed by atoms with Gasteiger partial charge in [0.1, 0.15) is 11.6 Å². The fourth-order valence-electron chi connectivity index (χ4n) is 3.02. The summed E-state index contributed by atoms with van der Waals surface area (Å²) in [6.07, 6.45) is 0.847. The van der Waals surface area contributed by atoms with Gasteiger partial charge in [-0.2, -0.15) is 0 Å². The molecule has 0 aromatic heterocycles. The molecule has 7 N–H and O–H groups in total. The number of rotatable bonds is 13. The molecule has 0 aliphatic carbocycles. The van der Waals surface area contributed by atoms with Gasteiger partial charge < -0.3 is 31.4 Å². The van der Waals surface area contributed by atoms with E-state index < -0.39 is 25.2 Å². The fourth-order valence-corrected chi connectivity index (χ4v) is 3.02. The van der Waals surface area contributed by atoms with E-state index in [9.17, 15) is 9.59 Å². The summed E-state index contributed by atoms with van der Waals surface area (Å²) < 4.78 is 5.19. The number of carbonyl (C=O) groups excluding carboxylic acids is 2. The molecule has 160 valence electrons. The van der Waals surface area contributed by atoms with Crippen molar-refractivity contribution >= 4 is 25.5 Å². The molecule has 1 aromatic carbocycles. The van der Waals surface area contributed by atoms with E-state index in [0.29, 0.717) is 38.8 Å². The Balaban J connectivity index is 2.75. The van der Waals surface area contributed by atoms with E-state index in [1.165, 1.54) is 0 Å². The SMILES string of the molecule is CCC(CC)(C(=O)NCc1ccccc1)C(=O)N[C@@H](CCCNC(=N)N)OBO. The molecule has 1 atom stereocenters. The summed E-state index contributed by atoms with van der Waals surface area (Å²) in [7, 11) is -0.559. The quantitative estimate of drug-likeness (QED) is 0.0684. The maximum absolute atomic E-state index is 13.0. The van der Waals surface area contributed by atoms with Crippen LogP contribution in [0.5, 0.6) is 0 Å². The minimum Gasteiger partial charge on any atom is -0.430 e. The summed E-state index contributed by atoms with van der Waals surface area (Å²) >= 11 is 0. The molecule has 0 unspecified atom stereocenters. The van der Waals surface area contributed by atoms with Crippen LogP contribution < -0.4 is 21.7 Å². The minimum atomic E-state index is -1.23. The summed E-state index contributed by atoms with van der Waals surface area (Å²) in [4.78, 5) is 25.9.